The van der Waals surface area contributed by atoms with Gasteiger partial charge in [0.1, 0.15) is 18.2 Å². The minimum Gasteiger partial charge on any atom is -0.487 e. The van der Waals surface area contributed by atoms with Gasteiger partial charge in [-0.3, -0.25) is 4.79 Å². The van der Waals surface area contributed by atoms with E-state index in [1.165, 1.54) is 35.6 Å². The van der Waals surface area contributed by atoms with Crippen molar-refractivity contribution in [3.8, 4) is 11.4 Å². The van der Waals surface area contributed by atoms with E-state index in [9.17, 15) is 18.0 Å². The highest BCUT2D eigenvalue weighted by atomic mass is 32.1. The van der Waals surface area contributed by atoms with Crippen molar-refractivity contribution in [2.45, 2.75) is 19.7 Å². The van der Waals surface area contributed by atoms with Crippen molar-refractivity contribution in [2.24, 2.45) is 0 Å². The number of halogens is 3. The first-order chi connectivity index (χ1) is 15.3. The Balaban J connectivity index is 1.53. The molecule has 2 heterocycles. The van der Waals surface area contributed by atoms with E-state index in [4.69, 9.17) is 4.74 Å². The molecule has 0 fully saturated rings. The van der Waals surface area contributed by atoms with Crippen LogP contribution >= 0.6 is 11.3 Å². The molecular formula is C22H17F3N4O2S. The number of carbonyl (C=O) groups excluding carboxylic acids is 1. The molecule has 0 radical (unpaired) electrons. The Morgan fingerprint density at radius 3 is 2.59 bits per heavy atom. The molecule has 0 unspecified atom stereocenters. The summed E-state index contributed by atoms with van der Waals surface area (Å²) in [6.07, 6.45) is -4.56. The number of amides is 1. The summed E-state index contributed by atoms with van der Waals surface area (Å²) in [5.41, 5.74) is 2.28. The Bertz CT molecular complexity index is 1220. The van der Waals surface area contributed by atoms with E-state index in [0.717, 1.165) is 16.4 Å². The van der Waals surface area contributed by atoms with E-state index in [1.54, 1.807) is 36.7 Å². The van der Waals surface area contributed by atoms with Gasteiger partial charge in [-0.25, -0.2) is 9.67 Å². The number of nitrogens with one attached hydrogen (secondary N) is 1. The van der Waals surface area contributed by atoms with Gasteiger partial charge in [-0.1, -0.05) is 12.1 Å². The SMILES string of the molecule is Cc1cc(NC(=O)c2ccc(OCc3cscn3)cc2)n(-c2ccccc2C(F)(F)F)n1. The normalized spacial score (nSPS) is 11.4. The zero-order valence-electron chi connectivity index (χ0n) is 16.8. The van der Waals surface area contributed by atoms with E-state index in [0.29, 0.717) is 23.6 Å². The lowest BCUT2D eigenvalue weighted by Crippen LogP contribution is -2.17. The molecule has 2 aromatic heterocycles. The summed E-state index contributed by atoms with van der Waals surface area (Å²) in [4.78, 5) is 16.9. The van der Waals surface area contributed by atoms with Gasteiger partial charge in [-0.15, -0.1) is 11.3 Å². The summed E-state index contributed by atoms with van der Waals surface area (Å²) >= 11 is 1.47. The summed E-state index contributed by atoms with van der Waals surface area (Å²) in [5, 5.41) is 8.66. The Morgan fingerprint density at radius 2 is 1.91 bits per heavy atom. The molecule has 32 heavy (non-hydrogen) atoms. The zero-order valence-corrected chi connectivity index (χ0v) is 17.6. The fourth-order valence-corrected chi connectivity index (χ4v) is 3.57. The largest absolute Gasteiger partial charge is 0.487 e. The molecule has 2 aromatic carbocycles. The number of hydrogen-bond donors (Lipinski definition) is 1. The molecule has 0 aliphatic carbocycles. The first kappa shape index (κ1) is 21.6. The molecule has 1 N–H and O–H groups in total. The molecule has 0 saturated heterocycles. The summed E-state index contributed by atoms with van der Waals surface area (Å²) in [5.74, 6) is 0.212. The van der Waals surface area contributed by atoms with Crippen LogP contribution in [0.25, 0.3) is 5.69 Å². The van der Waals surface area contributed by atoms with E-state index >= 15 is 0 Å². The molecule has 0 atom stereocenters. The van der Waals surface area contributed by atoms with Crippen molar-refractivity contribution in [1.82, 2.24) is 14.8 Å². The highest BCUT2D eigenvalue weighted by molar-refractivity contribution is 7.07. The number of anilines is 1. The van der Waals surface area contributed by atoms with Gasteiger partial charge in [0.2, 0.25) is 0 Å². The molecular weight excluding hydrogens is 441 g/mol. The van der Waals surface area contributed by atoms with Crippen molar-refractivity contribution < 1.29 is 22.7 Å². The van der Waals surface area contributed by atoms with E-state index in [2.05, 4.69) is 15.4 Å². The molecule has 164 valence electrons. The average Bonchev–Trinajstić information content (AvgIpc) is 3.41. The van der Waals surface area contributed by atoms with Gasteiger partial charge in [-0.05, 0) is 43.3 Å². The van der Waals surface area contributed by atoms with Gasteiger partial charge >= 0.3 is 6.18 Å². The zero-order chi connectivity index (χ0) is 22.7. The number of rotatable bonds is 6. The Kier molecular flexibility index (Phi) is 5.95. The lowest BCUT2D eigenvalue weighted by atomic mass is 10.1. The third kappa shape index (κ3) is 4.80. The minimum atomic E-state index is -4.56. The maximum absolute atomic E-state index is 13.4. The Morgan fingerprint density at radius 1 is 1.16 bits per heavy atom. The molecule has 1 amide bonds. The third-order valence-electron chi connectivity index (χ3n) is 4.50. The molecule has 6 nitrogen and oxygen atoms in total. The molecule has 0 bridgehead atoms. The number of carbonyl (C=O) groups is 1. The topological polar surface area (TPSA) is 69.0 Å². The van der Waals surface area contributed by atoms with Crippen molar-refractivity contribution in [1.29, 1.82) is 0 Å². The second kappa shape index (κ2) is 8.83. The molecule has 10 heteroatoms. The van der Waals surface area contributed by atoms with Gasteiger partial charge < -0.3 is 10.1 Å². The highest BCUT2D eigenvalue weighted by Crippen LogP contribution is 2.34. The Labute approximate surface area is 185 Å². The Hall–Kier alpha value is -3.66. The van der Waals surface area contributed by atoms with Crippen LogP contribution in [0.5, 0.6) is 5.75 Å². The predicted molar refractivity (Wildman–Crippen MR) is 114 cm³/mol. The van der Waals surface area contributed by atoms with Crippen LogP contribution < -0.4 is 10.1 Å². The number of thiazole rings is 1. The molecule has 0 aliphatic rings. The van der Waals surface area contributed by atoms with Crippen LogP contribution in [-0.4, -0.2) is 20.7 Å². The maximum atomic E-state index is 13.4. The van der Waals surface area contributed by atoms with Crippen LogP contribution in [0.1, 0.15) is 27.3 Å². The van der Waals surface area contributed by atoms with Crippen LogP contribution in [0.3, 0.4) is 0 Å². The lowest BCUT2D eigenvalue weighted by molar-refractivity contribution is -0.137. The number of aromatic nitrogens is 3. The standard InChI is InChI=1S/C22H17F3N4O2S/c1-14-10-20(29(28-14)19-5-3-2-4-18(19)22(23,24)25)27-21(30)15-6-8-17(9-7-15)31-11-16-12-32-13-26-16/h2-10,12-13H,11H2,1H3,(H,27,30). The maximum Gasteiger partial charge on any atom is 0.418 e. The number of benzene rings is 2. The number of nitrogens with zero attached hydrogens (tertiary/aromatic N) is 3. The van der Waals surface area contributed by atoms with Gasteiger partial charge in [0.15, 0.2) is 0 Å². The summed E-state index contributed by atoms with van der Waals surface area (Å²) in [7, 11) is 0. The fraction of sp³-hybridized carbons (Fsp3) is 0.136. The van der Waals surface area contributed by atoms with E-state index in [-0.39, 0.29) is 11.5 Å². The van der Waals surface area contributed by atoms with Crippen LogP contribution in [0.15, 0.2) is 65.5 Å². The van der Waals surface area contributed by atoms with Crippen LogP contribution in [0.2, 0.25) is 0 Å². The fourth-order valence-electron chi connectivity index (χ4n) is 3.03. The monoisotopic (exact) mass is 458 g/mol. The van der Waals surface area contributed by atoms with Gasteiger partial charge in [0.05, 0.1) is 28.1 Å². The number of ether oxygens (including phenoxy) is 1. The molecule has 4 aromatic rings. The van der Waals surface area contributed by atoms with Crippen LogP contribution in [-0.2, 0) is 12.8 Å². The van der Waals surface area contributed by atoms with E-state index in [1.807, 2.05) is 5.38 Å². The smallest absolute Gasteiger partial charge is 0.418 e. The van der Waals surface area contributed by atoms with Crippen molar-refractivity contribution in [2.75, 3.05) is 5.32 Å². The molecule has 4 rings (SSSR count). The molecule has 0 saturated carbocycles. The molecule has 0 spiro atoms. The second-order valence-corrected chi connectivity index (χ2v) is 7.56. The summed E-state index contributed by atoms with van der Waals surface area (Å²) < 4.78 is 47.0. The summed E-state index contributed by atoms with van der Waals surface area (Å²) in [6.45, 7) is 1.95. The number of hydrogen-bond acceptors (Lipinski definition) is 5. The van der Waals surface area contributed by atoms with Gasteiger partial charge in [0.25, 0.3) is 5.91 Å². The minimum absolute atomic E-state index is 0.132. The summed E-state index contributed by atoms with van der Waals surface area (Å²) in [6, 6.07) is 13.0. The number of alkyl halides is 3. The number of para-hydroxylation sites is 1. The quantitative estimate of drug-likeness (QED) is 0.415. The highest BCUT2D eigenvalue weighted by Gasteiger charge is 2.34. The lowest BCUT2D eigenvalue weighted by Gasteiger charge is -2.15. The first-order valence-electron chi connectivity index (χ1n) is 9.46. The van der Waals surface area contributed by atoms with Crippen LogP contribution in [0.4, 0.5) is 19.0 Å². The first-order valence-corrected chi connectivity index (χ1v) is 10.4. The van der Waals surface area contributed by atoms with Crippen molar-refractivity contribution in [3.63, 3.8) is 0 Å². The van der Waals surface area contributed by atoms with Crippen LogP contribution in [0, 0.1) is 6.92 Å². The second-order valence-electron chi connectivity index (χ2n) is 6.84. The third-order valence-corrected chi connectivity index (χ3v) is 5.13. The number of aryl methyl sites for hydroxylation is 1. The predicted octanol–water partition coefficient (Wildman–Crippen LogP) is 5.49. The molecule has 0 aliphatic heterocycles. The van der Waals surface area contributed by atoms with Gasteiger partial charge in [-0.2, -0.15) is 18.3 Å². The van der Waals surface area contributed by atoms with Crippen molar-refractivity contribution in [3.05, 3.63) is 88.0 Å². The van der Waals surface area contributed by atoms with E-state index < -0.39 is 17.6 Å². The van der Waals surface area contributed by atoms with Crippen molar-refractivity contribution >= 4 is 23.1 Å². The average molecular weight is 458 g/mol. The van der Waals surface area contributed by atoms with Gasteiger partial charge in [0, 0.05) is 17.0 Å².